The van der Waals surface area contributed by atoms with E-state index in [-0.39, 0.29) is 23.7 Å². The lowest BCUT2D eigenvalue weighted by Crippen LogP contribution is -2.45. The van der Waals surface area contributed by atoms with E-state index in [0.717, 1.165) is 24.8 Å². The molecule has 0 atom stereocenters. The standard InChI is InChI=1S/C18H21ClN4O2S/c1-10-2-5-21-16(20)14(10)18(25)23-12-8-11(9-12)3-6-22-17(24)13-4-7-26-15(13)19/h2,4-5,7,11-12H,3,6,8-9H2,1H3,(H2,20,21)(H,22,24)(H,23,25). The average Bonchev–Trinajstić information content (AvgIpc) is 2.98. The molecule has 0 saturated heterocycles. The molecule has 1 fully saturated rings. The Labute approximate surface area is 161 Å². The summed E-state index contributed by atoms with van der Waals surface area (Å²) in [7, 11) is 0. The third kappa shape index (κ3) is 4.16. The van der Waals surface area contributed by atoms with Crippen molar-refractivity contribution in [3.8, 4) is 0 Å². The Hall–Kier alpha value is -2.12. The number of aryl methyl sites for hydroxylation is 1. The number of carbonyl (C=O) groups is 2. The largest absolute Gasteiger partial charge is 0.383 e. The zero-order valence-electron chi connectivity index (χ0n) is 14.4. The van der Waals surface area contributed by atoms with E-state index in [9.17, 15) is 9.59 Å². The highest BCUT2D eigenvalue weighted by Gasteiger charge is 2.31. The molecular formula is C18H21ClN4O2S. The summed E-state index contributed by atoms with van der Waals surface area (Å²) in [5.74, 6) is 0.443. The number of anilines is 1. The maximum Gasteiger partial charge on any atom is 0.255 e. The van der Waals surface area contributed by atoms with Crippen molar-refractivity contribution in [2.75, 3.05) is 12.3 Å². The fourth-order valence-electron chi connectivity index (χ4n) is 3.16. The van der Waals surface area contributed by atoms with Crippen molar-refractivity contribution in [3.63, 3.8) is 0 Å². The minimum atomic E-state index is -0.169. The van der Waals surface area contributed by atoms with Crippen molar-refractivity contribution < 1.29 is 9.59 Å². The minimum Gasteiger partial charge on any atom is -0.383 e. The van der Waals surface area contributed by atoms with E-state index in [0.29, 0.717) is 27.9 Å². The fourth-order valence-corrected chi connectivity index (χ4v) is 4.08. The quantitative estimate of drug-likeness (QED) is 0.703. The summed E-state index contributed by atoms with van der Waals surface area (Å²) < 4.78 is 0.513. The highest BCUT2D eigenvalue weighted by Crippen LogP contribution is 2.30. The number of hydrogen-bond donors (Lipinski definition) is 3. The summed E-state index contributed by atoms with van der Waals surface area (Å²) in [6.45, 7) is 2.45. The van der Waals surface area contributed by atoms with Gasteiger partial charge in [0.25, 0.3) is 11.8 Å². The number of aromatic nitrogens is 1. The van der Waals surface area contributed by atoms with E-state index >= 15 is 0 Å². The van der Waals surface area contributed by atoms with Crippen LogP contribution in [0.15, 0.2) is 23.7 Å². The van der Waals surface area contributed by atoms with Crippen LogP contribution in [0.3, 0.4) is 0 Å². The first-order valence-electron chi connectivity index (χ1n) is 8.49. The second-order valence-electron chi connectivity index (χ2n) is 6.55. The molecule has 0 radical (unpaired) electrons. The molecule has 2 amide bonds. The summed E-state index contributed by atoms with van der Waals surface area (Å²) in [4.78, 5) is 28.3. The van der Waals surface area contributed by atoms with Gasteiger partial charge in [0.15, 0.2) is 0 Å². The van der Waals surface area contributed by atoms with E-state index in [1.54, 1.807) is 23.7 Å². The van der Waals surface area contributed by atoms with Crippen LogP contribution in [0.2, 0.25) is 4.34 Å². The summed E-state index contributed by atoms with van der Waals surface area (Å²) in [6.07, 6.45) is 4.28. The predicted molar refractivity (Wildman–Crippen MR) is 104 cm³/mol. The van der Waals surface area contributed by atoms with Gasteiger partial charge in [0.2, 0.25) is 0 Å². The Morgan fingerprint density at radius 3 is 2.77 bits per heavy atom. The number of carbonyl (C=O) groups excluding carboxylic acids is 2. The number of thiophene rings is 1. The Bertz CT molecular complexity index is 797. The molecule has 3 rings (SSSR count). The monoisotopic (exact) mass is 392 g/mol. The minimum absolute atomic E-state index is 0.136. The van der Waals surface area contributed by atoms with Crippen LogP contribution in [-0.4, -0.2) is 29.4 Å². The maximum absolute atomic E-state index is 12.4. The molecular weight excluding hydrogens is 372 g/mol. The second kappa shape index (κ2) is 8.05. The molecule has 2 aromatic rings. The topological polar surface area (TPSA) is 97.1 Å². The molecule has 6 nitrogen and oxygen atoms in total. The first-order chi connectivity index (χ1) is 12.5. The number of hydrogen-bond acceptors (Lipinski definition) is 5. The maximum atomic E-state index is 12.4. The van der Waals surface area contributed by atoms with Crippen molar-refractivity contribution >= 4 is 40.6 Å². The highest BCUT2D eigenvalue weighted by atomic mass is 35.5. The van der Waals surface area contributed by atoms with Crippen molar-refractivity contribution in [2.45, 2.75) is 32.2 Å². The first kappa shape index (κ1) is 18.7. The van der Waals surface area contributed by atoms with Crippen LogP contribution in [0.1, 0.15) is 45.5 Å². The summed E-state index contributed by atoms with van der Waals surface area (Å²) >= 11 is 7.30. The van der Waals surface area contributed by atoms with E-state index in [4.69, 9.17) is 17.3 Å². The lowest BCUT2D eigenvalue weighted by molar-refractivity contribution is 0.0884. The molecule has 0 unspecified atom stereocenters. The fraction of sp³-hybridized carbons (Fsp3) is 0.389. The van der Waals surface area contributed by atoms with E-state index in [2.05, 4.69) is 15.6 Å². The molecule has 1 aliphatic rings. The number of rotatable bonds is 6. The summed E-state index contributed by atoms with van der Waals surface area (Å²) in [6, 6.07) is 3.65. The molecule has 1 saturated carbocycles. The van der Waals surface area contributed by atoms with E-state index in [1.165, 1.54) is 11.3 Å². The van der Waals surface area contributed by atoms with Gasteiger partial charge < -0.3 is 16.4 Å². The van der Waals surface area contributed by atoms with Gasteiger partial charge in [0.1, 0.15) is 10.2 Å². The van der Waals surface area contributed by atoms with Crippen LogP contribution in [0.4, 0.5) is 5.82 Å². The highest BCUT2D eigenvalue weighted by molar-refractivity contribution is 7.14. The van der Waals surface area contributed by atoms with Crippen LogP contribution in [-0.2, 0) is 0 Å². The van der Waals surface area contributed by atoms with Crippen molar-refractivity contribution in [1.29, 1.82) is 0 Å². The van der Waals surface area contributed by atoms with Crippen molar-refractivity contribution in [1.82, 2.24) is 15.6 Å². The van der Waals surface area contributed by atoms with Gasteiger partial charge in [-0.1, -0.05) is 11.6 Å². The van der Waals surface area contributed by atoms with Gasteiger partial charge in [0, 0.05) is 18.8 Å². The zero-order chi connectivity index (χ0) is 18.7. The number of amides is 2. The molecule has 0 spiro atoms. The van der Waals surface area contributed by atoms with Gasteiger partial charge in [-0.15, -0.1) is 11.3 Å². The molecule has 4 N–H and O–H groups in total. The van der Waals surface area contributed by atoms with Crippen LogP contribution >= 0.6 is 22.9 Å². The SMILES string of the molecule is Cc1ccnc(N)c1C(=O)NC1CC(CCNC(=O)c2ccsc2Cl)C1. The lowest BCUT2D eigenvalue weighted by atomic mass is 9.78. The predicted octanol–water partition coefficient (Wildman–Crippen LogP) is 3.02. The Kier molecular flexibility index (Phi) is 5.78. The smallest absolute Gasteiger partial charge is 0.255 e. The molecule has 1 aliphatic carbocycles. The number of pyridine rings is 1. The van der Waals surface area contributed by atoms with Gasteiger partial charge in [-0.05, 0) is 55.2 Å². The number of nitrogen functional groups attached to an aromatic ring is 1. The third-order valence-electron chi connectivity index (χ3n) is 4.69. The molecule has 0 bridgehead atoms. The van der Waals surface area contributed by atoms with Gasteiger partial charge in [-0.3, -0.25) is 9.59 Å². The average molecular weight is 393 g/mol. The van der Waals surface area contributed by atoms with Crippen LogP contribution < -0.4 is 16.4 Å². The Morgan fingerprint density at radius 2 is 2.12 bits per heavy atom. The van der Waals surface area contributed by atoms with Gasteiger partial charge in [-0.2, -0.15) is 0 Å². The third-order valence-corrected chi connectivity index (χ3v) is 5.86. The second-order valence-corrected chi connectivity index (χ2v) is 8.07. The number of halogens is 1. The van der Waals surface area contributed by atoms with Gasteiger partial charge in [0.05, 0.1) is 11.1 Å². The first-order valence-corrected chi connectivity index (χ1v) is 9.74. The number of nitrogens with two attached hydrogens (primary N) is 1. The Morgan fingerprint density at radius 1 is 1.35 bits per heavy atom. The number of nitrogens with one attached hydrogen (secondary N) is 2. The van der Waals surface area contributed by atoms with Crippen LogP contribution in [0.25, 0.3) is 0 Å². The lowest BCUT2D eigenvalue weighted by Gasteiger charge is -2.36. The summed E-state index contributed by atoms with van der Waals surface area (Å²) in [5.41, 5.74) is 7.61. The van der Waals surface area contributed by atoms with Crippen molar-refractivity contribution in [3.05, 3.63) is 44.7 Å². The van der Waals surface area contributed by atoms with Crippen molar-refractivity contribution in [2.24, 2.45) is 5.92 Å². The Balaban J connectivity index is 1.39. The molecule has 138 valence electrons. The van der Waals surface area contributed by atoms with Crippen LogP contribution in [0, 0.1) is 12.8 Å². The molecule has 0 aliphatic heterocycles. The molecule has 26 heavy (non-hydrogen) atoms. The molecule has 2 aromatic heterocycles. The van der Waals surface area contributed by atoms with Crippen LogP contribution in [0.5, 0.6) is 0 Å². The van der Waals surface area contributed by atoms with Gasteiger partial charge in [-0.25, -0.2) is 4.98 Å². The zero-order valence-corrected chi connectivity index (χ0v) is 16.0. The molecule has 8 heteroatoms. The molecule has 2 heterocycles. The summed E-state index contributed by atoms with van der Waals surface area (Å²) in [5, 5.41) is 7.70. The normalized spacial score (nSPS) is 18.8. The molecule has 0 aromatic carbocycles. The van der Waals surface area contributed by atoms with E-state index < -0.39 is 0 Å². The number of nitrogens with zero attached hydrogens (tertiary/aromatic N) is 1. The van der Waals surface area contributed by atoms with Gasteiger partial charge >= 0.3 is 0 Å². The van der Waals surface area contributed by atoms with E-state index in [1.807, 2.05) is 6.92 Å².